The summed E-state index contributed by atoms with van der Waals surface area (Å²) in [5.41, 5.74) is 0.948. The zero-order valence-electron chi connectivity index (χ0n) is 12.7. The number of aromatic nitrogens is 1. The van der Waals surface area contributed by atoms with Crippen LogP contribution in [0.1, 0.15) is 29.0 Å². The minimum Gasteiger partial charge on any atom is -0.505 e. The maximum Gasteiger partial charge on any atom is 0.276 e. The van der Waals surface area contributed by atoms with Gasteiger partial charge in [0.1, 0.15) is 5.75 Å². The molecule has 2 atom stereocenters. The first-order chi connectivity index (χ1) is 10.4. The number of benzene rings is 1. The maximum atomic E-state index is 12.4. The molecule has 1 aromatic heterocycles. The molecule has 1 heterocycles. The Morgan fingerprint density at radius 2 is 1.91 bits per heavy atom. The average molecular weight is 318 g/mol. The van der Waals surface area contributed by atoms with E-state index in [9.17, 15) is 14.1 Å². The Balaban J connectivity index is 2.21. The van der Waals surface area contributed by atoms with Gasteiger partial charge < -0.3 is 10.0 Å². The average Bonchev–Trinajstić information content (AvgIpc) is 2.53. The molecule has 116 valence electrons. The van der Waals surface area contributed by atoms with Crippen LogP contribution in [0.3, 0.4) is 0 Å². The highest BCUT2D eigenvalue weighted by atomic mass is 32.2. The molecule has 1 amide bonds. The molecule has 0 saturated heterocycles. The molecule has 1 aromatic carbocycles. The number of amides is 1. The number of hydrogen-bond donors (Lipinski definition) is 1. The van der Waals surface area contributed by atoms with E-state index < -0.39 is 10.8 Å². The molecule has 0 bridgehead atoms. The third kappa shape index (κ3) is 3.33. The van der Waals surface area contributed by atoms with Gasteiger partial charge in [0.15, 0.2) is 5.69 Å². The van der Waals surface area contributed by atoms with Gasteiger partial charge in [0.2, 0.25) is 0 Å². The largest absolute Gasteiger partial charge is 0.505 e. The van der Waals surface area contributed by atoms with Crippen molar-refractivity contribution in [3.8, 4) is 5.75 Å². The fraction of sp³-hybridized carbons (Fsp3) is 0.250. The molecule has 0 spiro atoms. The molecule has 1 N–H and O–H groups in total. The number of carbonyl (C=O) groups excluding carboxylic acids is 1. The van der Waals surface area contributed by atoms with Crippen LogP contribution in [0.2, 0.25) is 0 Å². The lowest BCUT2D eigenvalue weighted by Gasteiger charge is -2.25. The molecule has 5 nitrogen and oxygen atoms in total. The minimum atomic E-state index is -1.03. The molecule has 0 aliphatic heterocycles. The minimum absolute atomic E-state index is 0.0307. The van der Waals surface area contributed by atoms with Crippen LogP contribution in [0.25, 0.3) is 0 Å². The number of nitrogens with zero attached hydrogens (tertiary/aromatic N) is 2. The lowest BCUT2D eigenvalue weighted by molar-refractivity contribution is 0.0733. The number of pyridine rings is 1. The Kier molecular flexibility index (Phi) is 4.92. The molecule has 22 heavy (non-hydrogen) atoms. The smallest absolute Gasteiger partial charge is 0.276 e. The zero-order valence-corrected chi connectivity index (χ0v) is 13.5. The number of rotatable bonds is 4. The summed E-state index contributed by atoms with van der Waals surface area (Å²) in [5.74, 6) is -0.489. The molecule has 0 unspecified atom stereocenters. The van der Waals surface area contributed by atoms with E-state index in [1.807, 2.05) is 19.1 Å². The second-order valence-corrected chi connectivity index (χ2v) is 6.37. The van der Waals surface area contributed by atoms with Crippen molar-refractivity contribution in [1.29, 1.82) is 0 Å². The van der Waals surface area contributed by atoms with Crippen LogP contribution < -0.4 is 0 Å². The second-order valence-electron chi connectivity index (χ2n) is 4.99. The van der Waals surface area contributed by atoms with Crippen LogP contribution in [0.15, 0.2) is 47.5 Å². The molecular formula is C16H18N2O3S. The van der Waals surface area contributed by atoms with Crippen molar-refractivity contribution in [3.05, 3.63) is 53.9 Å². The molecular weight excluding hydrogens is 300 g/mol. The highest BCUT2D eigenvalue weighted by molar-refractivity contribution is 7.84. The van der Waals surface area contributed by atoms with Crippen molar-refractivity contribution in [2.24, 2.45) is 0 Å². The summed E-state index contributed by atoms with van der Waals surface area (Å²) < 4.78 is 11.4. The van der Waals surface area contributed by atoms with E-state index in [1.54, 1.807) is 31.5 Å². The van der Waals surface area contributed by atoms with Crippen molar-refractivity contribution in [3.63, 3.8) is 0 Å². The number of carbonyl (C=O) groups is 1. The Labute approximate surface area is 132 Å². The SMILES string of the molecule is C[C@@H](c1ccc([S@@](C)=O)cc1)N(C)C(=O)c1ncccc1O. The van der Waals surface area contributed by atoms with Gasteiger partial charge in [-0.2, -0.15) is 0 Å². The van der Waals surface area contributed by atoms with Gasteiger partial charge >= 0.3 is 0 Å². The fourth-order valence-electron chi connectivity index (χ4n) is 2.07. The maximum absolute atomic E-state index is 12.4. The molecule has 6 heteroatoms. The van der Waals surface area contributed by atoms with Crippen molar-refractivity contribution in [1.82, 2.24) is 9.88 Å². The molecule has 0 aliphatic rings. The zero-order chi connectivity index (χ0) is 16.3. The van der Waals surface area contributed by atoms with E-state index in [2.05, 4.69) is 4.98 Å². The Hall–Kier alpha value is -2.21. The van der Waals surface area contributed by atoms with E-state index in [0.29, 0.717) is 0 Å². The molecule has 2 aromatic rings. The number of aromatic hydroxyl groups is 1. The highest BCUT2D eigenvalue weighted by Gasteiger charge is 2.22. The van der Waals surface area contributed by atoms with E-state index >= 15 is 0 Å². The predicted octanol–water partition coefficient (Wildman–Crippen LogP) is 2.36. The summed E-state index contributed by atoms with van der Waals surface area (Å²) in [6.45, 7) is 1.88. The summed E-state index contributed by atoms with van der Waals surface area (Å²) in [4.78, 5) is 18.6. The van der Waals surface area contributed by atoms with Crippen molar-refractivity contribution in [2.45, 2.75) is 17.9 Å². The molecule has 2 rings (SSSR count). The van der Waals surface area contributed by atoms with E-state index in [0.717, 1.165) is 10.5 Å². The standard InChI is InChI=1S/C16H18N2O3S/c1-11(12-6-8-13(9-7-12)22(3)21)18(2)16(20)15-14(19)5-4-10-17-15/h4-11,19H,1-3H3/t11-,22+/m0/s1. The third-order valence-electron chi connectivity index (χ3n) is 3.58. The first-order valence-electron chi connectivity index (χ1n) is 6.76. The topological polar surface area (TPSA) is 70.5 Å². The van der Waals surface area contributed by atoms with Crippen LogP contribution >= 0.6 is 0 Å². The van der Waals surface area contributed by atoms with Crippen LogP contribution in [0.5, 0.6) is 5.75 Å². The Bertz CT molecular complexity index is 701. The van der Waals surface area contributed by atoms with E-state index in [4.69, 9.17) is 0 Å². The Morgan fingerprint density at radius 3 is 2.45 bits per heavy atom. The fourth-order valence-corrected chi connectivity index (χ4v) is 2.59. The summed E-state index contributed by atoms with van der Waals surface area (Å²) in [6, 6.07) is 10.1. The van der Waals surface area contributed by atoms with E-state index in [-0.39, 0.29) is 23.4 Å². The van der Waals surface area contributed by atoms with Crippen molar-refractivity contribution >= 4 is 16.7 Å². The van der Waals surface area contributed by atoms with Crippen molar-refractivity contribution < 1.29 is 14.1 Å². The third-order valence-corrected chi connectivity index (χ3v) is 4.52. The van der Waals surface area contributed by atoms with Gasteiger partial charge in [-0.05, 0) is 36.8 Å². The van der Waals surface area contributed by atoms with Gasteiger partial charge in [-0.25, -0.2) is 4.98 Å². The summed E-state index contributed by atoms with van der Waals surface area (Å²) >= 11 is 0. The first kappa shape index (κ1) is 16.2. The van der Waals surface area contributed by atoms with Crippen LogP contribution in [-0.2, 0) is 10.8 Å². The van der Waals surface area contributed by atoms with Gasteiger partial charge in [-0.1, -0.05) is 12.1 Å². The second kappa shape index (κ2) is 6.70. The van der Waals surface area contributed by atoms with Crippen molar-refractivity contribution in [2.75, 3.05) is 13.3 Å². The summed E-state index contributed by atoms with van der Waals surface area (Å²) in [6.07, 6.45) is 3.09. The number of hydrogen-bond acceptors (Lipinski definition) is 4. The lowest BCUT2D eigenvalue weighted by Crippen LogP contribution is -2.30. The van der Waals surface area contributed by atoms with E-state index in [1.165, 1.54) is 17.2 Å². The van der Waals surface area contributed by atoms with Crippen LogP contribution in [-0.4, -0.2) is 38.4 Å². The Morgan fingerprint density at radius 1 is 1.27 bits per heavy atom. The molecule has 0 saturated carbocycles. The first-order valence-corrected chi connectivity index (χ1v) is 8.32. The molecule has 0 aliphatic carbocycles. The van der Waals surface area contributed by atoms with Gasteiger partial charge in [-0.3, -0.25) is 9.00 Å². The van der Waals surface area contributed by atoms with Gasteiger partial charge in [0.25, 0.3) is 5.91 Å². The quantitative estimate of drug-likeness (QED) is 0.939. The van der Waals surface area contributed by atoms with Gasteiger partial charge in [0.05, 0.1) is 6.04 Å². The van der Waals surface area contributed by atoms with Crippen LogP contribution in [0.4, 0.5) is 0 Å². The predicted molar refractivity (Wildman–Crippen MR) is 85.2 cm³/mol. The monoisotopic (exact) mass is 318 g/mol. The van der Waals surface area contributed by atoms with Gasteiger partial charge in [-0.15, -0.1) is 0 Å². The molecule has 0 fully saturated rings. The van der Waals surface area contributed by atoms with Crippen LogP contribution in [0, 0.1) is 0 Å². The summed E-state index contributed by atoms with van der Waals surface area (Å²) in [5, 5.41) is 9.74. The lowest BCUT2D eigenvalue weighted by atomic mass is 10.1. The molecule has 0 radical (unpaired) electrons. The normalized spacial score (nSPS) is 13.4. The highest BCUT2D eigenvalue weighted by Crippen LogP contribution is 2.23. The summed E-state index contributed by atoms with van der Waals surface area (Å²) in [7, 11) is 0.633. The van der Waals surface area contributed by atoms with Gasteiger partial charge in [0, 0.05) is 35.2 Å².